The van der Waals surface area contributed by atoms with Crippen LogP contribution >= 0.6 is 0 Å². The Morgan fingerprint density at radius 2 is 1.85 bits per heavy atom. The van der Waals surface area contributed by atoms with Crippen LogP contribution in [0.15, 0.2) is 42.5 Å². The molecule has 1 unspecified atom stereocenters. The van der Waals surface area contributed by atoms with Crippen molar-refractivity contribution in [2.75, 3.05) is 57.2 Å². The number of fused-ring (bicyclic) bond motifs is 2. The molecule has 0 saturated carbocycles. The smallest absolute Gasteiger partial charge is 0.305 e. The number of piperidine rings is 1. The zero-order chi connectivity index (χ0) is 37.9. The highest BCUT2D eigenvalue weighted by atomic mass is 28.3. The number of benzene rings is 2. The number of methoxy groups -OCH3 is 2. The van der Waals surface area contributed by atoms with Gasteiger partial charge in [0.15, 0.2) is 5.60 Å². The van der Waals surface area contributed by atoms with Crippen LogP contribution in [0.25, 0.3) is 0 Å². The maximum absolute atomic E-state index is 15.1. The number of nitrogens with zero attached hydrogens (tertiary/aromatic N) is 2. The second-order valence-electron chi connectivity index (χ2n) is 15.7. The molecule has 4 heterocycles. The second kappa shape index (κ2) is 16.3. The zero-order valence-corrected chi connectivity index (χ0v) is 32.8. The highest BCUT2D eigenvalue weighted by Crippen LogP contribution is 2.60. The molecule has 6 atom stereocenters. The molecule has 1 spiro atoms. The molecule has 53 heavy (non-hydrogen) atoms. The van der Waals surface area contributed by atoms with E-state index < -0.39 is 19.8 Å². The highest BCUT2D eigenvalue weighted by Gasteiger charge is 2.66. The van der Waals surface area contributed by atoms with Crippen molar-refractivity contribution < 1.29 is 38.5 Å². The van der Waals surface area contributed by atoms with Crippen molar-refractivity contribution in [3.05, 3.63) is 48.0 Å². The molecule has 3 saturated heterocycles. The Morgan fingerprint density at radius 1 is 1.08 bits per heavy atom. The Bertz CT molecular complexity index is 1660. The number of hydrogen-bond acceptors (Lipinski definition) is 9. The Labute approximate surface area is 313 Å². The van der Waals surface area contributed by atoms with Gasteiger partial charge in [-0.3, -0.25) is 19.2 Å². The normalized spacial score (nSPS) is 26.9. The van der Waals surface area contributed by atoms with E-state index in [1.807, 2.05) is 30.3 Å². The SMILES string of the molecule is COC(=O)CCCCN1C(=O)[C@@]2(O[C@@H](CC(=O)N3CCC[C@H]3CO)[C@H]([Si](C)(C)c3ccc(OC)cc3)[C@H]2C)c2cc(NC(=O)C3CCCNC3)ccc21. The van der Waals surface area contributed by atoms with Gasteiger partial charge in [0.1, 0.15) is 5.75 Å². The van der Waals surface area contributed by atoms with Crippen LogP contribution in [-0.4, -0.2) is 101 Å². The number of rotatable bonds is 13. The van der Waals surface area contributed by atoms with Crippen LogP contribution in [0, 0.1) is 11.8 Å². The first-order valence-electron chi connectivity index (χ1n) is 19.2. The van der Waals surface area contributed by atoms with Crippen molar-refractivity contribution in [3.8, 4) is 5.75 Å². The summed E-state index contributed by atoms with van der Waals surface area (Å²) in [7, 11) is 0.493. The van der Waals surface area contributed by atoms with Crippen LogP contribution in [0.4, 0.5) is 11.4 Å². The Morgan fingerprint density at radius 3 is 2.53 bits per heavy atom. The van der Waals surface area contributed by atoms with Crippen LogP contribution in [0.5, 0.6) is 5.75 Å². The van der Waals surface area contributed by atoms with Gasteiger partial charge in [-0.15, -0.1) is 0 Å². The summed E-state index contributed by atoms with van der Waals surface area (Å²) in [5.41, 5.74) is 0.444. The molecule has 3 amide bonds. The van der Waals surface area contributed by atoms with Gasteiger partial charge in [-0.25, -0.2) is 0 Å². The largest absolute Gasteiger partial charge is 0.497 e. The first kappa shape index (κ1) is 38.9. The predicted molar refractivity (Wildman–Crippen MR) is 205 cm³/mol. The summed E-state index contributed by atoms with van der Waals surface area (Å²) in [6.45, 7) is 9.04. The Hall–Kier alpha value is -3.78. The number of likely N-dealkylation sites (tertiary alicyclic amines) is 1. The van der Waals surface area contributed by atoms with Crippen molar-refractivity contribution in [3.63, 3.8) is 0 Å². The first-order valence-corrected chi connectivity index (χ1v) is 22.3. The average molecular weight is 749 g/mol. The van der Waals surface area contributed by atoms with Crippen molar-refractivity contribution >= 4 is 48.3 Å². The molecule has 0 bridgehead atoms. The molecule has 12 nitrogen and oxygen atoms in total. The lowest BCUT2D eigenvalue weighted by atomic mass is 9.82. The summed E-state index contributed by atoms with van der Waals surface area (Å²) < 4.78 is 17.5. The number of ether oxygens (including phenoxy) is 3. The van der Waals surface area contributed by atoms with E-state index >= 15 is 4.79 Å². The third-order valence-corrected chi connectivity index (χ3v) is 16.7. The van der Waals surface area contributed by atoms with Crippen LogP contribution in [0.2, 0.25) is 18.6 Å². The fourth-order valence-corrected chi connectivity index (χ4v) is 13.4. The topological polar surface area (TPSA) is 147 Å². The van der Waals surface area contributed by atoms with Gasteiger partial charge >= 0.3 is 5.97 Å². The van der Waals surface area contributed by atoms with E-state index in [0.29, 0.717) is 49.4 Å². The first-order chi connectivity index (χ1) is 25.5. The summed E-state index contributed by atoms with van der Waals surface area (Å²) in [4.78, 5) is 58.1. The number of hydrogen-bond donors (Lipinski definition) is 3. The molecule has 2 aromatic rings. The molecule has 3 N–H and O–H groups in total. The molecular weight excluding hydrogens is 693 g/mol. The maximum Gasteiger partial charge on any atom is 0.305 e. The summed E-state index contributed by atoms with van der Waals surface area (Å²) in [5, 5.41) is 17.7. The van der Waals surface area contributed by atoms with E-state index in [4.69, 9.17) is 14.2 Å². The van der Waals surface area contributed by atoms with Gasteiger partial charge in [0.25, 0.3) is 5.91 Å². The number of aliphatic hydroxyl groups is 1. The van der Waals surface area contributed by atoms with E-state index in [0.717, 1.165) is 43.2 Å². The van der Waals surface area contributed by atoms with E-state index in [9.17, 15) is 19.5 Å². The van der Waals surface area contributed by atoms with Crippen molar-refractivity contribution in [1.82, 2.24) is 10.2 Å². The number of amides is 3. The van der Waals surface area contributed by atoms with Crippen LogP contribution in [0.1, 0.15) is 63.9 Å². The summed E-state index contributed by atoms with van der Waals surface area (Å²) >= 11 is 0. The third-order valence-electron chi connectivity index (χ3n) is 12.3. The van der Waals surface area contributed by atoms with Gasteiger partial charge in [0.05, 0.1) is 59.1 Å². The molecule has 288 valence electrons. The Kier molecular flexibility index (Phi) is 12.0. The van der Waals surface area contributed by atoms with E-state index in [-0.39, 0.29) is 66.6 Å². The fraction of sp³-hybridized carbons (Fsp3) is 0.600. The fourth-order valence-electron chi connectivity index (χ4n) is 9.42. The monoisotopic (exact) mass is 748 g/mol. The van der Waals surface area contributed by atoms with Gasteiger partial charge in [-0.05, 0) is 80.9 Å². The molecule has 2 aromatic carbocycles. The number of carbonyl (C=O) groups is 4. The number of anilines is 2. The van der Waals surface area contributed by atoms with Crippen LogP contribution in [0.3, 0.4) is 0 Å². The van der Waals surface area contributed by atoms with Crippen LogP contribution in [-0.2, 0) is 34.3 Å². The van der Waals surface area contributed by atoms with Gasteiger partial charge in [0, 0.05) is 43.2 Å². The van der Waals surface area contributed by atoms with Crippen molar-refractivity contribution in [2.45, 2.75) is 94.7 Å². The third kappa shape index (κ3) is 7.50. The standard InChI is InChI=1S/C40H56N4O8Si/c1-26-37(53(4,5)31-16-14-30(50-2)15-17-31)34(23-35(46)43-21-9-11-29(43)25-45)52-40(26)32-22-28(42-38(48)27-10-8-19-41-24-27)13-18-33(32)44(39(40)49)20-7-6-12-36(47)51-3/h13-18,22,26-27,29,34,37,41,45H,6-12,19-21,23-25H2,1-5H3,(H,42,48)/t26-,27?,29+,34+,37-,40+/m1/s1. The minimum absolute atomic E-state index is 0.0611. The molecule has 6 rings (SSSR count). The lowest BCUT2D eigenvalue weighted by molar-refractivity contribution is -0.150. The Balaban J connectivity index is 1.40. The van der Waals surface area contributed by atoms with E-state index in [1.54, 1.807) is 16.9 Å². The number of aliphatic hydroxyl groups excluding tert-OH is 1. The molecule has 4 aliphatic heterocycles. The molecule has 0 aromatic heterocycles. The van der Waals surface area contributed by atoms with Crippen molar-refractivity contribution in [1.29, 1.82) is 0 Å². The minimum atomic E-state index is -2.52. The van der Waals surface area contributed by atoms with Gasteiger partial charge in [0.2, 0.25) is 11.8 Å². The molecular formula is C40H56N4O8Si. The number of unbranched alkanes of at least 4 members (excludes halogenated alkanes) is 1. The highest BCUT2D eigenvalue weighted by molar-refractivity contribution is 6.91. The zero-order valence-electron chi connectivity index (χ0n) is 31.8. The number of nitrogens with one attached hydrogen (secondary N) is 2. The summed E-state index contributed by atoms with van der Waals surface area (Å²) in [6, 6.07) is 13.5. The predicted octanol–water partition coefficient (Wildman–Crippen LogP) is 3.91. The van der Waals surface area contributed by atoms with Crippen LogP contribution < -0.4 is 25.5 Å². The van der Waals surface area contributed by atoms with Gasteiger partial charge in [-0.2, -0.15) is 0 Å². The van der Waals surface area contributed by atoms with E-state index in [1.165, 1.54) is 7.11 Å². The number of esters is 1. The minimum Gasteiger partial charge on any atom is -0.497 e. The molecule has 13 heteroatoms. The van der Waals surface area contributed by atoms with Gasteiger partial charge in [-0.1, -0.05) is 37.3 Å². The van der Waals surface area contributed by atoms with E-state index in [2.05, 4.69) is 42.8 Å². The molecule has 0 radical (unpaired) electrons. The lowest BCUT2D eigenvalue weighted by Crippen LogP contribution is -2.52. The molecule has 4 aliphatic rings. The van der Waals surface area contributed by atoms with Gasteiger partial charge < -0.3 is 39.8 Å². The summed E-state index contributed by atoms with van der Waals surface area (Å²) in [5.74, 6) is -0.351. The number of carbonyl (C=O) groups excluding carboxylic acids is 4. The molecule has 3 fully saturated rings. The van der Waals surface area contributed by atoms with Crippen molar-refractivity contribution in [2.24, 2.45) is 11.8 Å². The average Bonchev–Trinajstić information content (AvgIpc) is 3.83. The second-order valence-corrected chi connectivity index (χ2v) is 20.4. The maximum atomic E-state index is 15.1. The summed E-state index contributed by atoms with van der Waals surface area (Å²) in [6.07, 6.45) is 4.22. The molecule has 0 aliphatic carbocycles. The quantitative estimate of drug-likeness (QED) is 0.158. The lowest BCUT2D eigenvalue weighted by Gasteiger charge is -2.37.